The molecule has 5 rings (SSSR count). The van der Waals surface area contributed by atoms with E-state index in [2.05, 4.69) is 31.3 Å². The fraction of sp³-hybridized carbons (Fsp3) is 0.273. The number of ether oxygens (including phenoxy) is 2. The van der Waals surface area contributed by atoms with E-state index in [-0.39, 0.29) is 11.8 Å². The predicted octanol–water partition coefficient (Wildman–Crippen LogP) is 3.18. The Bertz CT molecular complexity index is 1270. The van der Waals surface area contributed by atoms with Crippen molar-refractivity contribution in [3.05, 3.63) is 42.6 Å². The molecule has 0 radical (unpaired) electrons. The van der Waals surface area contributed by atoms with Crippen LogP contribution in [0.4, 0.5) is 0 Å². The molecule has 4 aromatic heterocycles. The summed E-state index contributed by atoms with van der Waals surface area (Å²) in [5.41, 5.74) is 3.50. The topological polar surface area (TPSA) is 109 Å². The minimum atomic E-state index is 0.0465. The molecule has 0 aliphatic carbocycles. The van der Waals surface area contributed by atoms with Gasteiger partial charge in [-0.15, -0.1) is 0 Å². The van der Waals surface area contributed by atoms with Crippen molar-refractivity contribution < 1.29 is 9.47 Å². The molecule has 150 valence electrons. The largest absolute Gasteiger partial charge is 0.496 e. The number of hydrogen-bond donors (Lipinski definition) is 2. The number of aromatic amines is 1. The summed E-state index contributed by atoms with van der Waals surface area (Å²) in [5, 5.41) is 14.7. The first-order valence-electron chi connectivity index (χ1n) is 9.84. The maximum Gasteiger partial charge on any atom is 0.183 e. The van der Waals surface area contributed by atoms with E-state index in [9.17, 15) is 5.26 Å². The molecule has 0 amide bonds. The molecule has 1 aliphatic heterocycles. The van der Waals surface area contributed by atoms with E-state index in [1.54, 1.807) is 31.9 Å². The summed E-state index contributed by atoms with van der Waals surface area (Å²) in [7, 11) is 1.63. The number of hydrogen-bond acceptors (Lipinski definition) is 7. The van der Waals surface area contributed by atoms with E-state index >= 15 is 0 Å². The van der Waals surface area contributed by atoms with Crippen molar-refractivity contribution in [2.75, 3.05) is 20.2 Å². The Morgan fingerprint density at radius 3 is 2.83 bits per heavy atom. The van der Waals surface area contributed by atoms with Gasteiger partial charge < -0.3 is 19.8 Å². The van der Waals surface area contributed by atoms with Crippen LogP contribution >= 0.6 is 0 Å². The Labute approximate surface area is 172 Å². The van der Waals surface area contributed by atoms with Gasteiger partial charge in [-0.2, -0.15) is 5.26 Å². The van der Waals surface area contributed by atoms with Crippen molar-refractivity contribution >= 4 is 21.9 Å². The molecule has 4 aromatic rings. The molecule has 5 heterocycles. The number of rotatable bonds is 4. The molecular formula is C22H20N6O2. The number of aromatic nitrogens is 4. The highest BCUT2D eigenvalue weighted by molar-refractivity contribution is 6.10. The molecular weight excluding hydrogens is 380 g/mol. The molecule has 0 unspecified atom stereocenters. The van der Waals surface area contributed by atoms with E-state index in [0.717, 1.165) is 59.1 Å². The zero-order chi connectivity index (χ0) is 20.5. The molecule has 0 spiro atoms. The van der Waals surface area contributed by atoms with Gasteiger partial charge >= 0.3 is 0 Å². The average Bonchev–Trinajstić information content (AvgIpc) is 3.18. The maximum absolute atomic E-state index is 9.66. The van der Waals surface area contributed by atoms with Crippen LogP contribution in [0.25, 0.3) is 33.1 Å². The van der Waals surface area contributed by atoms with Gasteiger partial charge in [0.15, 0.2) is 11.4 Å². The molecule has 8 heteroatoms. The highest BCUT2D eigenvalue weighted by atomic mass is 16.5. The molecule has 1 fully saturated rings. The number of nitrogens with zero attached hydrogens (tertiary/aromatic N) is 4. The van der Waals surface area contributed by atoms with Crippen molar-refractivity contribution in [2.24, 2.45) is 0 Å². The summed E-state index contributed by atoms with van der Waals surface area (Å²) in [6, 6.07) is 6.02. The third kappa shape index (κ3) is 3.09. The van der Waals surface area contributed by atoms with Crippen molar-refractivity contribution in [1.29, 1.82) is 5.26 Å². The zero-order valence-corrected chi connectivity index (χ0v) is 16.5. The van der Waals surface area contributed by atoms with Crippen LogP contribution in [0.3, 0.4) is 0 Å². The van der Waals surface area contributed by atoms with Gasteiger partial charge in [-0.1, -0.05) is 0 Å². The number of nitriles is 1. The summed E-state index contributed by atoms with van der Waals surface area (Å²) in [5.74, 6) is 1.24. The summed E-state index contributed by atoms with van der Waals surface area (Å²) < 4.78 is 11.8. The van der Waals surface area contributed by atoms with Crippen molar-refractivity contribution in [3.8, 4) is 28.7 Å². The minimum Gasteiger partial charge on any atom is -0.496 e. The van der Waals surface area contributed by atoms with Crippen molar-refractivity contribution in [3.63, 3.8) is 0 Å². The van der Waals surface area contributed by atoms with Crippen LogP contribution < -0.4 is 14.8 Å². The van der Waals surface area contributed by atoms with Gasteiger partial charge in [0.2, 0.25) is 0 Å². The zero-order valence-electron chi connectivity index (χ0n) is 16.5. The van der Waals surface area contributed by atoms with Gasteiger partial charge in [0.25, 0.3) is 0 Å². The SMILES string of the molecule is COc1ccncc1-c1cnc2[nH]c3cnc(C#N)c(OC4CCNCC4)c3c2c1. The standard InChI is InChI=1S/C22H20N6O2/c1-29-19-4-7-25-11-16(19)13-8-15-20-18(28-22(15)27-10-13)12-26-17(9-23)21(20)30-14-2-5-24-6-3-14/h4,7-8,10-12,14,24H,2-3,5-6H2,1H3,(H,27,28). The first kappa shape index (κ1) is 18.3. The number of methoxy groups -OCH3 is 1. The lowest BCUT2D eigenvalue weighted by atomic mass is 10.1. The van der Waals surface area contributed by atoms with Crippen LogP contribution in [0.1, 0.15) is 18.5 Å². The van der Waals surface area contributed by atoms with E-state index in [0.29, 0.717) is 11.4 Å². The third-order valence-corrected chi connectivity index (χ3v) is 5.43. The highest BCUT2D eigenvalue weighted by Gasteiger charge is 2.22. The molecule has 2 N–H and O–H groups in total. The Morgan fingerprint density at radius 1 is 1.17 bits per heavy atom. The van der Waals surface area contributed by atoms with Crippen LogP contribution in [0.5, 0.6) is 11.5 Å². The molecule has 1 aliphatic rings. The Hall–Kier alpha value is -3.70. The quantitative estimate of drug-likeness (QED) is 0.541. The fourth-order valence-corrected chi connectivity index (χ4v) is 3.94. The van der Waals surface area contributed by atoms with Crippen LogP contribution in [0.15, 0.2) is 36.9 Å². The second-order valence-corrected chi connectivity index (χ2v) is 7.22. The Balaban J connectivity index is 1.71. The first-order valence-corrected chi connectivity index (χ1v) is 9.84. The molecule has 0 saturated carbocycles. The van der Waals surface area contributed by atoms with Gasteiger partial charge in [-0.25, -0.2) is 9.97 Å². The Kier molecular flexibility index (Phi) is 4.65. The van der Waals surface area contributed by atoms with Gasteiger partial charge in [0.1, 0.15) is 23.6 Å². The van der Waals surface area contributed by atoms with Gasteiger partial charge in [0.05, 0.1) is 24.2 Å². The lowest BCUT2D eigenvalue weighted by molar-refractivity contribution is 0.163. The molecule has 0 aromatic carbocycles. The van der Waals surface area contributed by atoms with Crippen LogP contribution in [0, 0.1) is 11.3 Å². The van der Waals surface area contributed by atoms with Crippen LogP contribution in [0.2, 0.25) is 0 Å². The lowest BCUT2D eigenvalue weighted by Gasteiger charge is -2.24. The number of piperidine rings is 1. The summed E-state index contributed by atoms with van der Waals surface area (Å²) in [4.78, 5) is 16.4. The van der Waals surface area contributed by atoms with Gasteiger partial charge in [-0.05, 0) is 38.1 Å². The molecule has 8 nitrogen and oxygen atoms in total. The second kappa shape index (κ2) is 7.61. The second-order valence-electron chi connectivity index (χ2n) is 7.22. The number of fused-ring (bicyclic) bond motifs is 3. The van der Waals surface area contributed by atoms with E-state index in [1.165, 1.54) is 0 Å². The smallest absolute Gasteiger partial charge is 0.183 e. The average molecular weight is 400 g/mol. The summed E-state index contributed by atoms with van der Waals surface area (Å²) in [6.07, 6.45) is 8.71. The number of nitrogens with one attached hydrogen (secondary N) is 2. The van der Waals surface area contributed by atoms with E-state index < -0.39 is 0 Å². The molecule has 1 saturated heterocycles. The molecule has 30 heavy (non-hydrogen) atoms. The fourth-order valence-electron chi connectivity index (χ4n) is 3.94. The number of pyridine rings is 3. The van der Waals surface area contributed by atoms with Crippen molar-refractivity contribution in [2.45, 2.75) is 18.9 Å². The summed E-state index contributed by atoms with van der Waals surface area (Å²) in [6.45, 7) is 1.80. The molecule has 0 atom stereocenters. The minimum absolute atomic E-state index is 0.0465. The van der Waals surface area contributed by atoms with Crippen molar-refractivity contribution in [1.82, 2.24) is 25.3 Å². The highest BCUT2D eigenvalue weighted by Crippen LogP contribution is 2.38. The maximum atomic E-state index is 9.66. The van der Waals surface area contributed by atoms with E-state index in [1.807, 2.05) is 12.1 Å². The predicted molar refractivity (Wildman–Crippen MR) is 112 cm³/mol. The normalized spacial score (nSPS) is 14.7. The third-order valence-electron chi connectivity index (χ3n) is 5.43. The van der Waals surface area contributed by atoms with Crippen LogP contribution in [-0.2, 0) is 0 Å². The Morgan fingerprint density at radius 2 is 2.03 bits per heavy atom. The monoisotopic (exact) mass is 400 g/mol. The van der Waals surface area contributed by atoms with Gasteiger partial charge in [-0.3, -0.25) is 4.98 Å². The first-order chi connectivity index (χ1) is 14.8. The van der Waals surface area contributed by atoms with E-state index in [4.69, 9.17) is 9.47 Å². The van der Waals surface area contributed by atoms with Crippen LogP contribution in [-0.4, -0.2) is 46.2 Å². The lowest BCUT2D eigenvalue weighted by Crippen LogP contribution is -2.34. The summed E-state index contributed by atoms with van der Waals surface area (Å²) >= 11 is 0. The van der Waals surface area contributed by atoms with Gasteiger partial charge in [0, 0.05) is 35.1 Å². The molecule has 0 bridgehead atoms. The number of H-pyrrole nitrogens is 1.